The fourth-order valence-electron chi connectivity index (χ4n) is 3.95. The Balaban J connectivity index is 1.91. The summed E-state index contributed by atoms with van der Waals surface area (Å²) in [5.41, 5.74) is 9.28. The minimum Gasteiger partial charge on any atom is -0.382 e. The molecule has 0 aliphatic carbocycles. The molecule has 26 heavy (non-hydrogen) atoms. The van der Waals surface area contributed by atoms with Gasteiger partial charge in [-0.15, -0.1) is 0 Å². The number of ether oxygens (including phenoxy) is 1. The standard InChI is InChI=1S/C20H27N5O/c1-3-26-12-16-24-17-18(14-6-4-5-7-15(14)23-19(17)21)25(16)13-20(2)8-10-22-11-9-20/h4-7,22H,3,8-13H2,1-2H3,(H2,21,23). The van der Waals surface area contributed by atoms with Crippen molar-refractivity contribution in [2.75, 3.05) is 25.4 Å². The number of nitrogens with two attached hydrogens (primary N) is 1. The average molecular weight is 353 g/mol. The third kappa shape index (κ3) is 3.04. The van der Waals surface area contributed by atoms with E-state index in [9.17, 15) is 0 Å². The SMILES string of the molecule is CCOCc1nc2c(N)nc3ccccc3c2n1CC1(C)CCNCC1. The highest BCUT2D eigenvalue weighted by Crippen LogP contribution is 2.35. The molecule has 0 atom stereocenters. The first-order chi connectivity index (χ1) is 12.6. The van der Waals surface area contributed by atoms with E-state index >= 15 is 0 Å². The van der Waals surface area contributed by atoms with Crippen molar-refractivity contribution in [1.29, 1.82) is 0 Å². The number of imidazole rings is 1. The fourth-order valence-corrected chi connectivity index (χ4v) is 3.95. The van der Waals surface area contributed by atoms with Gasteiger partial charge in [-0.05, 0) is 44.3 Å². The molecule has 2 aromatic heterocycles. The van der Waals surface area contributed by atoms with Crippen molar-refractivity contribution >= 4 is 27.8 Å². The first kappa shape index (κ1) is 17.2. The smallest absolute Gasteiger partial charge is 0.152 e. The van der Waals surface area contributed by atoms with Crippen LogP contribution in [0, 0.1) is 5.41 Å². The summed E-state index contributed by atoms with van der Waals surface area (Å²) in [7, 11) is 0. The number of hydrogen-bond acceptors (Lipinski definition) is 5. The molecular formula is C20H27N5O. The third-order valence-corrected chi connectivity index (χ3v) is 5.48. The second-order valence-electron chi connectivity index (χ2n) is 7.52. The monoisotopic (exact) mass is 353 g/mol. The molecule has 1 aliphatic rings. The quantitative estimate of drug-likeness (QED) is 0.737. The first-order valence-corrected chi connectivity index (χ1v) is 9.43. The number of nitrogen functional groups attached to an aromatic ring is 1. The zero-order valence-electron chi connectivity index (χ0n) is 15.6. The first-order valence-electron chi connectivity index (χ1n) is 9.43. The summed E-state index contributed by atoms with van der Waals surface area (Å²) < 4.78 is 8.04. The minimum absolute atomic E-state index is 0.235. The van der Waals surface area contributed by atoms with Crippen molar-refractivity contribution in [1.82, 2.24) is 19.9 Å². The molecule has 4 rings (SSSR count). The summed E-state index contributed by atoms with van der Waals surface area (Å²) >= 11 is 0. The van der Waals surface area contributed by atoms with Crippen LogP contribution in [0.2, 0.25) is 0 Å². The number of fused-ring (bicyclic) bond motifs is 3. The van der Waals surface area contributed by atoms with Gasteiger partial charge in [0.05, 0.1) is 11.0 Å². The van der Waals surface area contributed by atoms with Gasteiger partial charge in [-0.25, -0.2) is 9.97 Å². The van der Waals surface area contributed by atoms with E-state index < -0.39 is 0 Å². The predicted octanol–water partition coefficient (Wildman–Crippen LogP) is 3.09. The van der Waals surface area contributed by atoms with E-state index in [4.69, 9.17) is 15.5 Å². The Morgan fingerprint density at radius 1 is 1.23 bits per heavy atom. The summed E-state index contributed by atoms with van der Waals surface area (Å²) in [5.74, 6) is 1.43. The Bertz CT molecular complexity index is 927. The molecule has 0 spiro atoms. The van der Waals surface area contributed by atoms with Crippen LogP contribution in [-0.2, 0) is 17.9 Å². The number of hydrogen-bond donors (Lipinski definition) is 2. The van der Waals surface area contributed by atoms with Gasteiger partial charge in [-0.2, -0.15) is 0 Å². The van der Waals surface area contributed by atoms with Crippen LogP contribution in [0.3, 0.4) is 0 Å². The molecule has 3 heterocycles. The number of pyridine rings is 1. The van der Waals surface area contributed by atoms with Gasteiger partial charge < -0.3 is 20.4 Å². The van der Waals surface area contributed by atoms with Gasteiger partial charge >= 0.3 is 0 Å². The van der Waals surface area contributed by atoms with E-state index in [1.165, 1.54) is 0 Å². The molecular weight excluding hydrogens is 326 g/mol. The molecule has 1 aliphatic heterocycles. The van der Waals surface area contributed by atoms with Crippen LogP contribution < -0.4 is 11.1 Å². The van der Waals surface area contributed by atoms with Crippen molar-refractivity contribution in [3.8, 4) is 0 Å². The van der Waals surface area contributed by atoms with Gasteiger partial charge in [0.1, 0.15) is 17.9 Å². The molecule has 3 aromatic rings. The van der Waals surface area contributed by atoms with E-state index in [1.807, 2.05) is 25.1 Å². The summed E-state index contributed by atoms with van der Waals surface area (Å²) in [5, 5.41) is 4.57. The van der Waals surface area contributed by atoms with Crippen LogP contribution in [0.1, 0.15) is 32.5 Å². The van der Waals surface area contributed by atoms with Gasteiger partial charge in [-0.1, -0.05) is 25.1 Å². The van der Waals surface area contributed by atoms with Crippen molar-refractivity contribution < 1.29 is 4.74 Å². The topological polar surface area (TPSA) is 78.0 Å². The van der Waals surface area contributed by atoms with E-state index in [1.54, 1.807) is 0 Å². The zero-order chi connectivity index (χ0) is 18.1. The Kier molecular flexibility index (Phi) is 4.54. The second kappa shape index (κ2) is 6.85. The fraction of sp³-hybridized carbons (Fsp3) is 0.500. The molecule has 1 fully saturated rings. The maximum absolute atomic E-state index is 6.26. The Morgan fingerprint density at radius 3 is 2.77 bits per heavy atom. The maximum atomic E-state index is 6.26. The van der Waals surface area contributed by atoms with Crippen molar-refractivity contribution in [3.63, 3.8) is 0 Å². The number of anilines is 1. The maximum Gasteiger partial charge on any atom is 0.152 e. The van der Waals surface area contributed by atoms with Gasteiger partial charge in [0.25, 0.3) is 0 Å². The molecule has 0 unspecified atom stereocenters. The molecule has 6 heteroatoms. The van der Waals surface area contributed by atoms with Gasteiger partial charge in [0.15, 0.2) is 5.82 Å². The van der Waals surface area contributed by atoms with Crippen LogP contribution in [0.4, 0.5) is 5.82 Å². The molecule has 138 valence electrons. The average Bonchev–Trinajstić information content (AvgIpc) is 2.99. The lowest BCUT2D eigenvalue weighted by Gasteiger charge is -2.35. The predicted molar refractivity (Wildman–Crippen MR) is 105 cm³/mol. The van der Waals surface area contributed by atoms with E-state index in [-0.39, 0.29) is 5.41 Å². The second-order valence-corrected chi connectivity index (χ2v) is 7.52. The minimum atomic E-state index is 0.235. The molecule has 3 N–H and O–H groups in total. The normalized spacial score (nSPS) is 17.2. The van der Waals surface area contributed by atoms with E-state index in [0.717, 1.165) is 60.2 Å². The van der Waals surface area contributed by atoms with Gasteiger partial charge in [0, 0.05) is 18.5 Å². The Morgan fingerprint density at radius 2 is 2.00 bits per heavy atom. The number of aromatic nitrogens is 3. The molecule has 0 bridgehead atoms. The summed E-state index contributed by atoms with van der Waals surface area (Å²) in [6, 6.07) is 8.16. The lowest BCUT2D eigenvalue weighted by Crippen LogP contribution is -2.37. The number of rotatable bonds is 5. The highest BCUT2D eigenvalue weighted by molar-refractivity contribution is 6.06. The van der Waals surface area contributed by atoms with Crippen molar-refractivity contribution in [2.24, 2.45) is 5.41 Å². The number of para-hydroxylation sites is 1. The largest absolute Gasteiger partial charge is 0.382 e. The number of benzene rings is 1. The highest BCUT2D eigenvalue weighted by atomic mass is 16.5. The van der Waals surface area contributed by atoms with Gasteiger partial charge in [-0.3, -0.25) is 0 Å². The molecule has 1 saturated heterocycles. The van der Waals surface area contributed by atoms with Crippen LogP contribution >= 0.6 is 0 Å². The molecule has 0 saturated carbocycles. The summed E-state index contributed by atoms with van der Waals surface area (Å²) in [6.07, 6.45) is 2.30. The molecule has 6 nitrogen and oxygen atoms in total. The van der Waals surface area contributed by atoms with Crippen LogP contribution in [0.25, 0.3) is 21.9 Å². The lowest BCUT2D eigenvalue weighted by molar-refractivity contribution is 0.121. The van der Waals surface area contributed by atoms with Crippen molar-refractivity contribution in [3.05, 3.63) is 30.1 Å². The third-order valence-electron chi connectivity index (χ3n) is 5.48. The Labute approximate surface area is 153 Å². The van der Waals surface area contributed by atoms with E-state index in [2.05, 4.69) is 27.9 Å². The number of nitrogens with one attached hydrogen (secondary N) is 1. The summed E-state index contributed by atoms with van der Waals surface area (Å²) in [4.78, 5) is 9.39. The molecule has 1 aromatic carbocycles. The number of nitrogens with zero attached hydrogens (tertiary/aromatic N) is 3. The highest BCUT2D eigenvalue weighted by Gasteiger charge is 2.29. The van der Waals surface area contributed by atoms with E-state index in [0.29, 0.717) is 19.0 Å². The zero-order valence-corrected chi connectivity index (χ0v) is 15.6. The molecule has 0 amide bonds. The van der Waals surface area contributed by atoms with Crippen LogP contribution in [-0.4, -0.2) is 34.2 Å². The Hall–Kier alpha value is -2.18. The van der Waals surface area contributed by atoms with Crippen molar-refractivity contribution in [2.45, 2.75) is 39.8 Å². The lowest BCUT2D eigenvalue weighted by atomic mass is 9.81. The molecule has 0 radical (unpaired) electrons. The van der Waals surface area contributed by atoms with Gasteiger partial charge in [0.2, 0.25) is 0 Å². The van der Waals surface area contributed by atoms with Crippen LogP contribution in [0.5, 0.6) is 0 Å². The van der Waals surface area contributed by atoms with Crippen LogP contribution in [0.15, 0.2) is 24.3 Å². The number of piperidine rings is 1. The summed E-state index contributed by atoms with van der Waals surface area (Å²) in [6.45, 7) is 8.58.